The molecule has 7 nitrogen and oxygen atoms in total. The Bertz CT molecular complexity index is 505. The summed E-state index contributed by atoms with van der Waals surface area (Å²) in [5.74, 6) is 0.206. The molecule has 2 unspecified atom stereocenters. The molecule has 21 heavy (non-hydrogen) atoms. The van der Waals surface area contributed by atoms with Crippen LogP contribution in [0.5, 0.6) is 0 Å². The second-order valence-corrected chi connectivity index (χ2v) is 5.93. The number of nitrogen functional groups attached to an aromatic ring is 1. The number of hydrogen-bond acceptors (Lipinski definition) is 6. The van der Waals surface area contributed by atoms with E-state index in [0.717, 1.165) is 0 Å². The molecule has 0 fully saturated rings. The minimum atomic E-state index is -1.31. The number of aliphatic hydroxyl groups is 2. The SMILES string of the molecule is CC(C)(C)OC(=O)NCC(O)C(O)c1cnc(N)cc1Cl. The average Bonchev–Trinajstić information content (AvgIpc) is 2.33. The number of alkyl carbamates (subject to hydrolysis) is 1. The Hall–Kier alpha value is -1.57. The molecule has 1 heterocycles. The van der Waals surface area contributed by atoms with E-state index in [9.17, 15) is 15.0 Å². The molecule has 0 bridgehead atoms. The largest absolute Gasteiger partial charge is 0.444 e. The Kier molecular flexibility index (Phi) is 5.77. The molecular formula is C13H20ClN3O4. The van der Waals surface area contributed by atoms with Crippen molar-refractivity contribution < 1.29 is 19.7 Å². The van der Waals surface area contributed by atoms with Crippen LogP contribution in [-0.4, -0.2) is 39.5 Å². The van der Waals surface area contributed by atoms with E-state index >= 15 is 0 Å². The number of amides is 1. The van der Waals surface area contributed by atoms with Crippen LogP contribution in [-0.2, 0) is 4.74 Å². The molecule has 0 radical (unpaired) electrons. The number of aromatic nitrogens is 1. The van der Waals surface area contributed by atoms with Crippen molar-refractivity contribution >= 4 is 23.5 Å². The number of nitrogens with two attached hydrogens (primary N) is 1. The van der Waals surface area contributed by atoms with Gasteiger partial charge in [0.2, 0.25) is 0 Å². The van der Waals surface area contributed by atoms with Crippen LogP contribution in [0.15, 0.2) is 12.3 Å². The molecule has 1 rings (SSSR count). The van der Waals surface area contributed by atoms with E-state index in [1.165, 1.54) is 12.3 Å². The van der Waals surface area contributed by atoms with Crippen molar-refractivity contribution in [3.05, 3.63) is 22.8 Å². The highest BCUT2D eigenvalue weighted by atomic mass is 35.5. The minimum Gasteiger partial charge on any atom is -0.444 e. The molecule has 0 spiro atoms. The van der Waals surface area contributed by atoms with Crippen LogP contribution < -0.4 is 11.1 Å². The Morgan fingerprint density at radius 3 is 2.67 bits per heavy atom. The van der Waals surface area contributed by atoms with Crippen LogP contribution in [0.4, 0.5) is 10.6 Å². The molecular weight excluding hydrogens is 298 g/mol. The van der Waals surface area contributed by atoms with Crippen molar-refractivity contribution in [2.24, 2.45) is 0 Å². The number of carbonyl (C=O) groups is 1. The summed E-state index contributed by atoms with van der Waals surface area (Å²) in [5.41, 5.74) is 5.03. The molecule has 1 aromatic rings. The number of nitrogens with zero attached hydrogens (tertiary/aromatic N) is 1. The first kappa shape index (κ1) is 17.5. The number of carbonyl (C=O) groups excluding carboxylic acids is 1. The molecule has 1 aromatic heterocycles. The molecule has 0 saturated carbocycles. The van der Waals surface area contributed by atoms with E-state index in [2.05, 4.69) is 10.3 Å². The first-order chi connectivity index (χ1) is 9.60. The number of ether oxygens (including phenoxy) is 1. The van der Waals surface area contributed by atoms with Gasteiger partial charge in [0, 0.05) is 18.3 Å². The Morgan fingerprint density at radius 1 is 1.52 bits per heavy atom. The molecule has 118 valence electrons. The highest BCUT2D eigenvalue weighted by molar-refractivity contribution is 6.31. The summed E-state index contributed by atoms with van der Waals surface area (Å²) in [6.45, 7) is 4.96. The number of anilines is 1. The number of pyridine rings is 1. The highest BCUT2D eigenvalue weighted by Gasteiger charge is 2.23. The predicted octanol–water partition coefficient (Wildman–Crippen LogP) is 1.24. The van der Waals surface area contributed by atoms with Crippen molar-refractivity contribution in [2.75, 3.05) is 12.3 Å². The zero-order valence-electron chi connectivity index (χ0n) is 12.1. The van der Waals surface area contributed by atoms with Crippen molar-refractivity contribution in [3.8, 4) is 0 Å². The van der Waals surface area contributed by atoms with Gasteiger partial charge in [-0.2, -0.15) is 0 Å². The van der Waals surface area contributed by atoms with Gasteiger partial charge in [0.15, 0.2) is 0 Å². The predicted molar refractivity (Wildman–Crippen MR) is 78.9 cm³/mol. The summed E-state index contributed by atoms with van der Waals surface area (Å²) in [6.07, 6.45) is -1.98. The summed E-state index contributed by atoms with van der Waals surface area (Å²) in [5, 5.41) is 22.4. The first-order valence-corrected chi connectivity index (χ1v) is 6.72. The van der Waals surface area contributed by atoms with Crippen molar-refractivity contribution in [1.29, 1.82) is 0 Å². The Morgan fingerprint density at radius 2 is 2.14 bits per heavy atom. The number of halogens is 1. The summed E-state index contributed by atoms with van der Waals surface area (Å²) < 4.78 is 5.02. The average molecular weight is 318 g/mol. The number of aliphatic hydroxyl groups excluding tert-OH is 2. The second-order valence-electron chi connectivity index (χ2n) is 5.53. The van der Waals surface area contributed by atoms with Gasteiger partial charge in [-0.1, -0.05) is 11.6 Å². The fourth-order valence-electron chi connectivity index (χ4n) is 1.49. The van der Waals surface area contributed by atoms with Crippen LogP contribution in [0.2, 0.25) is 5.02 Å². The molecule has 5 N–H and O–H groups in total. The first-order valence-electron chi connectivity index (χ1n) is 6.34. The van der Waals surface area contributed by atoms with Gasteiger partial charge in [-0.3, -0.25) is 0 Å². The maximum absolute atomic E-state index is 11.5. The Labute approximate surface area is 128 Å². The van der Waals surface area contributed by atoms with E-state index in [1.54, 1.807) is 20.8 Å². The summed E-state index contributed by atoms with van der Waals surface area (Å²) in [4.78, 5) is 15.3. The highest BCUT2D eigenvalue weighted by Crippen LogP contribution is 2.25. The van der Waals surface area contributed by atoms with Gasteiger partial charge in [-0.25, -0.2) is 9.78 Å². The van der Waals surface area contributed by atoms with Crippen LogP contribution >= 0.6 is 11.6 Å². The van der Waals surface area contributed by atoms with E-state index in [0.29, 0.717) is 0 Å². The van der Waals surface area contributed by atoms with Gasteiger partial charge in [-0.05, 0) is 26.8 Å². The fraction of sp³-hybridized carbons (Fsp3) is 0.538. The lowest BCUT2D eigenvalue weighted by Crippen LogP contribution is -2.38. The summed E-state index contributed by atoms with van der Waals surface area (Å²) >= 11 is 5.92. The molecule has 1 amide bonds. The molecule has 2 atom stereocenters. The maximum atomic E-state index is 11.5. The maximum Gasteiger partial charge on any atom is 0.407 e. The van der Waals surface area contributed by atoms with Gasteiger partial charge >= 0.3 is 6.09 Å². The van der Waals surface area contributed by atoms with Crippen LogP contribution in [0.25, 0.3) is 0 Å². The molecule has 8 heteroatoms. The third kappa shape index (κ3) is 5.74. The van der Waals surface area contributed by atoms with Gasteiger partial charge in [0.25, 0.3) is 0 Å². The Balaban J connectivity index is 2.59. The molecule has 0 aliphatic heterocycles. The topological polar surface area (TPSA) is 118 Å². The zero-order valence-corrected chi connectivity index (χ0v) is 12.9. The molecule has 0 aliphatic rings. The number of rotatable bonds is 4. The van der Waals surface area contributed by atoms with E-state index in [-0.39, 0.29) is 22.9 Å². The molecule has 0 aliphatic carbocycles. The van der Waals surface area contributed by atoms with Gasteiger partial charge in [0.05, 0.1) is 5.02 Å². The zero-order chi connectivity index (χ0) is 16.2. The second kappa shape index (κ2) is 6.93. The lowest BCUT2D eigenvalue weighted by Gasteiger charge is -2.22. The van der Waals surface area contributed by atoms with Gasteiger partial charge in [-0.15, -0.1) is 0 Å². The van der Waals surface area contributed by atoms with Gasteiger partial charge in [0.1, 0.15) is 23.6 Å². The summed E-state index contributed by atoms with van der Waals surface area (Å²) in [7, 11) is 0. The minimum absolute atomic E-state index is 0.186. The van der Waals surface area contributed by atoms with Crippen LogP contribution in [0, 0.1) is 0 Å². The normalized spacial score (nSPS) is 14.4. The molecule has 0 aromatic carbocycles. The summed E-state index contributed by atoms with van der Waals surface area (Å²) in [6, 6.07) is 1.37. The lowest BCUT2D eigenvalue weighted by atomic mass is 10.1. The monoisotopic (exact) mass is 317 g/mol. The van der Waals surface area contributed by atoms with Gasteiger partial charge < -0.3 is 26.0 Å². The van der Waals surface area contributed by atoms with Crippen LogP contribution in [0.1, 0.15) is 32.4 Å². The van der Waals surface area contributed by atoms with E-state index < -0.39 is 23.9 Å². The smallest absolute Gasteiger partial charge is 0.407 e. The molecule has 0 saturated heterocycles. The van der Waals surface area contributed by atoms with E-state index in [4.69, 9.17) is 22.1 Å². The van der Waals surface area contributed by atoms with Crippen molar-refractivity contribution in [1.82, 2.24) is 10.3 Å². The third-order valence-electron chi connectivity index (χ3n) is 2.44. The fourth-order valence-corrected chi connectivity index (χ4v) is 1.77. The standard InChI is InChI=1S/C13H20ClN3O4/c1-13(2,3)21-12(20)17-6-9(18)11(19)7-5-16-10(15)4-8(7)14/h4-5,9,11,18-19H,6H2,1-3H3,(H2,15,16)(H,17,20). The van der Waals surface area contributed by atoms with Crippen LogP contribution in [0.3, 0.4) is 0 Å². The van der Waals surface area contributed by atoms with Crippen molar-refractivity contribution in [3.63, 3.8) is 0 Å². The van der Waals surface area contributed by atoms with E-state index in [1.807, 2.05) is 0 Å². The quantitative estimate of drug-likeness (QED) is 0.663. The lowest BCUT2D eigenvalue weighted by molar-refractivity contribution is 0.0128. The third-order valence-corrected chi connectivity index (χ3v) is 2.77. The van der Waals surface area contributed by atoms with Crippen molar-refractivity contribution in [2.45, 2.75) is 38.6 Å². The number of hydrogen-bond donors (Lipinski definition) is 4. The number of nitrogens with one attached hydrogen (secondary N) is 1.